The Balaban J connectivity index is 1.75. The van der Waals surface area contributed by atoms with E-state index in [1.807, 2.05) is 30.3 Å². The highest BCUT2D eigenvalue weighted by molar-refractivity contribution is 6.31. The molecule has 0 saturated heterocycles. The number of methoxy groups -OCH3 is 1. The molecule has 0 aromatic heterocycles. The molecule has 2 nitrogen and oxygen atoms in total. The highest BCUT2D eigenvalue weighted by Crippen LogP contribution is 2.28. The molecule has 0 saturated carbocycles. The highest BCUT2D eigenvalue weighted by Gasteiger charge is 2.17. The quantitative estimate of drug-likeness (QED) is 0.355. The molecule has 0 N–H and O–H groups in total. The molecule has 0 aliphatic heterocycles. The first-order valence-electron chi connectivity index (χ1n) is 10.4. The second-order valence-electron chi connectivity index (χ2n) is 7.59. The Morgan fingerprint density at radius 3 is 2.43 bits per heavy atom. The Labute approximate surface area is 184 Å². The first kappa shape index (κ1) is 22.5. The molecule has 30 heavy (non-hydrogen) atoms. The van der Waals surface area contributed by atoms with Gasteiger partial charge in [0.1, 0.15) is 5.82 Å². The molecule has 0 heterocycles. The summed E-state index contributed by atoms with van der Waals surface area (Å²) in [5.74, 6) is -0.0152. The standard InChI is InChI=1S/C26H29ClFNO/c1-30-17-16-29(20-21-8-3-2-4-9-21)15-14-23(22-11-7-12-25(28)19-22)18-24-10-5-6-13-26(24)27/h2-13,19,23H,14-18,20H2,1H3. The van der Waals surface area contributed by atoms with E-state index in [1.54, 1.807) is 19.2 Å². The molecule has 3 aromatic carbocycles. The fourth-order valence-electron chi connectivity index (χ4n) is 3.75. The lowest BCUT2D eigenvalue weighted by Crippen LogP contribution is -2.29. The third-order valence-electron chi connectivity index (χ3n) is 5.40. The van der Waals surface area contributed by atoms with Gasteiger partial charge in [-0.05, 0) is 60.2 Å². The fourth-order valence-corrected chi connectivity index (χ4v) is 3.96. The van der Waals surface area contributed by atoms with Crippen molar-refractivity contribution in [3.8, 4) is 0 Å². The van der Waals surface area contributed by atoms with Gasteiger partial charge in [-0.3, -0.25) is 4.90 Å². The van der Waals surface area contributed by atoms with E-state index in [9.17, 15) is 4.39 Å². The van der Waals surface area contributed by atoms with Crippen LogP contribution in [0.25, 0.3) is 0 Å². The van der Waals surface area contributed by atoms with Crippen LogP contribution in [0.3, 0.4) is 0 Å². The lowest BCUT2D eigenvalue weighted by atomic mass is 9.89. The zero-order valence-electron chi connectivity index (χ0n) is 17.4. The summed E-state index contributed by atoms with van der Waals surface area (Å²) in [5, 5.41) is 0.763. The maximum absolute atomic E-state index is 13.9. The average molecular weight is 426 g/mol. The van der Waals surface area contributed by atoms with Crippen LogP contribution in [0.5, 0.6) is 0 Å². The number of benzene rings is 3. The number of hydrogen-bond donors (Lipinski definition) is 0. The van der Waals surface area contributed by atoms with Gasteiger partial charge < -0.3 is 4.74 Å². The van der Waals surface area contributed by atoms with Crippen molar-refractivity contribution >= 4 is 11.6 Å². The maximum atomic E-state index is 13.9. The van der Waals surface area contributed by atoms with Gasteiger partial charge in [-0.15, -0.1) is 0 Å². The predicted molar refractivity (Wildman–Crippen MR) is 123 cm³/mol. The van der Waals surface area contributed by atoms with Crippen LogP contribution in [0.2, 0.25) is 5.02 Å². The molecule has 0 spiro atoms. The first-order valence-corrected chi connectivity index (χ1v) is 10.8. The monoisotopic (exact) mass is 425 g/mol. The van der Waals surface area contributed by atoms with Gasteiger partial charge in [-0.25, -0.2) is 4.39 Å². The van der Waals surface area contributed by atoms with Crippen molar-refractivity contribution in [2.75, 3.05) is 26.8 Å². The second kappa shape index (κ2) is 11.8. The van der Waals surface area contributed by atoms with Crippen LogP contribution in [0.4, 0.5) is 4.39 Å². The summed E-state index contributed by atoms with van der Waals surface area (Å²) in [6.07, 6.45) is 1.69. The van der Waals surface area contributed by atoms with Gasteiger partial charge in [0.05, 0.1) is 6.61 Å². The van der Waals surface area contributed by atoms with Crippen molar-refractivity contribution in [3.63, 3.8) is 0 Å². The van der Waals surface area contributed by atoms with Crippen LogP contribution in [0.15, 0.2) is 78.9 Å². The van der Waals surface area contributed by atoms with E-state index in [4.69, 9.17) is 16.3 Å². The van der Waals surface area contributed by atoms with Crippen molar-refractivity contribution in [2.45, 2.75) is 25.3 Å². The van der Waals surface area contributed by atoms with Crippen molar-refractivity contribution in [1.29, 1.82) is 0 Å². The van der Waals surface area contributed by atoms with E-state index < -0.39 is 0 Å². The number of nitrogens with zero attached hydrogens (tertiary/aromatic N) is 1. The zero-order chi connectivity index (χ0) is 21.2. The van der Waals surface area contributed by atoms with Crippen LogP contribution in [0.1, 0.15) is 29.0 Å². The van der Waals surface area contributed by atoms with Crippen molar-refractivity contribution in [2.24, 2.45) is 0 Å². The fraction of sp³-hybridized carbons (Fsp3) is 0.308. The van der Waals surface area contributed by atoms with Crippen LogP contribution in [0, 0.1) is 5.82 Å². The molecule has 0 amide bonds. The summed E-state index contributed by atoms with van der Waals surface area (Å²) in [6.45, 7) is 3.30. The van der Waals surface area contributed by atoms with E-state index in [2.05, 4.69) is 35.2 Å². The average Bonchev–Trinajstić information content (AvgIpc) is 2.76. The van der Waals surface area contributed by atoms with Crippen molar-refractivity contribution < 1.29 is 9.13 Å². The van der Waals surface area contributed by atoms with Crippen LogP contribution in [-0.4, -0.2) is 31.7 Å². The molecule has 0 fully saturated rings. The molecule has 1 unspecified atom stereocenters. The third-order valence-corrected chi connectivity index (χ3v) is 5.77. The number of rotatable bonds is 11. The van der Waals surface area contributed by atoms with Crippen LogP contribution in [-0.2, 0) is 17.7 Å². The molecule has 3 rings (SSSR count). The van der Waals surface area contributed by atoms with Crippen molar-refractivity contribution in [3.05, 3.63) is 106 Å². The summed E-state index contributed by atoms with van der Waals surface area (Å²) in [4.78, 5) is 2.40. The van der Waals surface area contributed by atoms with Gasteiger partial charge in [-0.1, -0.05) is 72.3 Å². The van der Waals surface area contributed by atoms with Crippen LogP contribution < -0.4 is 0 Å². The third kappa shape index (κ3) is 6.94. The summed E-state index contributed by atoms with van der Waals surface area (Å²) < 4.78 is 19.3. The lowest BCUT2D eigenvalue weighted by molar-refractivity contribution is 0.141. The topological polar surface area (TPSA) is 12.5 Å². The Morgan fingerprint density at radius 1 is 0.933 bits per heavy atom. The Morgan fingerprint density at radius 2 is 1.70 bits per heavy atom. The van der Waals surface area contributed by atoms with Gasteiger partial charge in [0, 0.05) is 25.2 Å². The van der Waals surface area contributed by atoms with E-state index in [-0.39, 0.29) is 11.7 Å². The summed E-state index contributed by atoms with van der Waals surface area (Å²) in [6, 6.07) is 25.3. The van der Waals surface area contributed by atoms with Crippen molar-refractivity contribution in [1.82, 2.24) is 4.90 Å². The summed E-state index contributed by atoms with van der Waals surface area (Å²) in [5.41, 5.74) is 3.39. The highest BCUT2D eigenvalue weighted by atomic mass is 35.5. The molecule has 0 aliphatic rings. The zero-order valence-corrected chi connectivity index (χ0v) is 18.2. The largest absolute Gasteiger partial charge is 0.383 e. The molecule has 4 heteroatoms. The SMILES string of the molecule is COCCN(CCC(Cc1ccccc1Cl)c1cccc(F)c1)Cc1ccccc1. The number of ether oxygens (including phenoxy) is 1. The molecular weight excluding hydrogens is 397 g/mol. The minimum Gasteiger partial charge on any atom is -0.383 e. The first-order chi connectivity index (χ1) is 14.7. The Hall–Kier alpha value is -2.20. The van der Waals surface area contributed by atoms with E-state index in [0.717, 1.165) is 48.6 Å². The minimum absolute atomic E-state index is 0.182. The smallest absolute Gasteiger partial charge is 0.123 e. The Kier molecular flexibility index (Phi) is 8.88. The molecule has 0 radical (unpaired) electrons. The van der Waals surface area contributed by atoms with Gasteiger partial charge >= 0.3 is 0 Å². The van der Waals surface area contributed by atoms with Crippen LogP contribution >= 0.6 is 11.6 Å². The summed E-state index contributed by atoms with van der Waals surface area (Å²) in [7, 11) is 1.73. The van der Waals surface area contributed by atoms with Gasteiger partial charge in [0.2, 0.25) is 0 Å². The number of hydrogen-bond acceptors (Lipinski definition) is 2. The van der Waals surface area contributed by atoms with E-state index >= 15 is 0 Å². The molecule has 0 aliphatic carbocycles. The predicted octanol–water partition coefficient (Wildman–Crippen LogP) is 6.34. The second-order valence-corrected chi connectivity index (χ2v) is 8.00. The van der Waals surface area contributed by atoms with Gasteiger partial charge in [0.25, 0.3) is 0 Å². The maximum Gasteiger partial charge on any atom is 0.123 e. The lowest BCUT2D eigenvalue weighted by Gasteiger charge is -2.26. The van der Waals surface area contributed by atoms with Gasteiger partial charge in [-0.2, -0.15) is 0 Å². The van der Waals surface area contributed by atoms with E-state index in [0.29, 0.717) is 6.61 Å². The number of halogens is 2. The molecule has 1 atom stereocenters. The molecule has 0 bridgehead atoms. The minimum atomic E-state index is -0.197. The van der Waals surface area contributed by atoms with E-state index in [1.165, 1.54) is 11.6 Å². The molecule has 158 valence electrons. The summed E-state index contributed by atoms with van der Waals surface area (Å²) >= 11 is 6.42. The molecular formula is C26H29ClFNO. The normalized spacial score (nSPS) is 12.3. The molecule has 3 aromatic rings. The Bertz CT molecular complexity index is 902. The van der Waals surface area contributed by atoms with Gasteiger partial charge in [0.15, 0.2) is 0 Å².